The average Bonchev–Trinajstić information content (AvgIpc) is 3.03. The van der Waals surface area contributed by atoms with E-state index in [0.717, 1.165) is 36.2 Å². The van der Waals surface area contributed by atoms with Crippen LogP contribution in [0.5, 0.6) is 0 Å². The van der Waals surface area contributed by atoms with Crippen molar-refractivity contribution in [2.24, 2.45) is 7.05 Å². The number of nitrogens with zero attached hydrogens (tertiary/aromatic N) is 3. The van der Waals surface area contributed by atoms with E-state index in [1.165, 1.54) is 4.57 Å². The van der Waals surface area contributed by atoms with E-state index >= 15 is 0 Å². The molecule has 1 fully saturated rings. The fraction of sp³-hybridized carbons (Fsp3) is 0.565. The maximum atomic E-state index is 13.3. The van der Waals surface area contributed by atoms with Crippen molar-refractivity contribution in [1.82, 2.24) is 19.4 Å². The van der Waals surface area contributed by atoms with E-state index in [4.69, 9.17) is 4.98 Å². The van der Waals surface area contributed by atoms with Gasteiger partial charge in [0, 0.05) is 42.2 Å². The summed E-state index contributed by atoms with van der Waals surface area (Å²) in [5.74, 6) is 0.451. The number of aryl methyl sites for hydroxylation is 1. The highest BCUT2D eigenvalue weighted by atomic mass is 16.2. The quantitative estimate of drug-likeness (QED) is 0.781. The third-order valence-corrected chi connectivity index (χ3v) is 6.73. The molecule has 1 N–H and O–H groups in total. The van der Waals surface area contributed by atoms with Crippen LogP contribution in [-0.2, 0) is 24.3 Å². The van der Waals surface area contributed by atoms with E-state index in [9.17, 15) is 14.4 Å². The van der Waals surface area contributed by atoms with Gasteiger partial charge < -0.3 is 14.5 Å². The minimum absolute atomic E-state index is 0.0577. The molecule has 7 heteroatoms. The molecule has 4 rings (SSSR count). The SMILES string of the molecule is Cc1ccc(C(=O)N2CCCC3(CCc4c3nc(C(C)(C)C)[nH]c4=O)C2)c(=O)n1C. The molecule has 1 aliphatic carbocycles. The zero-order valence-electron chi connectivity index (χ0n) is 18.5. The Hall–Kier alpha value is -2.70. The Morgan fingerprint density at radius 3 is 2.63 bits per heavy atom. The topological polar surface area (TPSA) is 88.1 Å². The Labute approximate surface area is 176 Å². The van der Waals surface area contributed by atoms with Gasteiger partial charge in [-0.25, -0.2) is 4.98 Å². The van der Waals surface area contributed by atoms with Gasteiger partial charge in [0.25, 0.3) is 17.0 Å². The average molecular weight is 411 g/mol. The number of carbonyl (C=O) groups is 1. The number of fused-ring (bicyclic) bond motifs is 2. The summed E-state index contributed by atoms with van der Waals surface area (Å²) in [5.41, 5.74) is 1.72. The van der Waals surface area contributed by atoms with Gasteiger partial charge in [0.05, 0.1) is 5.69 Å². The maximum absolute atomic E-state index is 13.3. The van der Waals surface area contributed by atoms with Crippen molar-refractivity contribution in [1.29, 1.82) is 0 Å². The largest absolute Gasteiger partial charge is 0.338 e. The summed E-state index contributed by atoms with van der Waals surface area (Å²) >= 11 is 0. The highest BCUT2D eigenvalue weighted by Gasteiger charge is 2.46. The van der Waals surface area contributed by atoms with E-state index < -0.39 is 0 Å². The number of aromatic amines is 1. The second-order valence-corrected chi connectivity index (χ2v) is 9.85. The summed E-state index contributed by atoms with van der Waals surface area (Å²) in [7, 11) is 1.68. The zero-order valence-corrected chi connectivity index (χ0v) is 18.5. The molecule has 2 aromatic heterocycles. The number of likely N-dealkylation sites (tertiary alicyclic amines) is 1. The summed E-state index contributed by atoms with van der Waals surface area (Å²) in [6.45, 7) is 9.05. The summed E-state index contributed by atoms with van der Waals surface area (Å²) < 4.78 is 1.51. The minimum Gasteiger partial charge on any atom is -0.338 e. The number of hydrogen-bond acceptors (Lipinski definition) is 4. The van der Waals surface area contributed by atoms with Gasteiger partial charge in [-0.15, -0.1) is 0 Å². The third-order valence-electron chi connectivity index (χ3n) is 6.73. The van der Waals surface area contributed by atoms with Gasteiger partial charge in [0.1, 0.15) is 11.4 Å². The van der Waals surface area contributed by atoms with Crippen LogP contribution in [0.2, 0.25) is 0 Å². The molecule has 160 valence electrons. The Bertz CT molecular complexity index is 1140. The van der Waals surface area contributed by atoms with Crippen LogP contribution in [0, 0.1) is 6.92 Å². The summed E-state index contributed by atoms with van der Waals surface area (Å²) in [6, 6.07) is 3.43. The molecule has 0 aromatic carbocycles. The lowest BCUT2D eigenvalue weighted by Gasteiger charge is -2.40. The van der Waals surface area contributed by atoms with Crippen LogP contribution in [0.3, 0.4) is 0 Å². The Morgan fingerprint density at radius 2 is 1.93 bits per heavy atom. The first-order valence-corrected chi connectivity index (χ1v) is 10.6. The van der Waals surface area contributed by atoms with Crippen LogP contribution in [0.1, 0.15) is 73.2 Å². The number of nitrogens with one attached hydrogen (secondary N) is 1. The van der Waals surface area contributed by atoms with Gasteiger partial charge in [-0.1, -0.05) is 20.8 Å². The van der Waals surface area contributed by atoms with Crippen molar-refractivity contribution < 1.29 is 4.79 Å². The van der Waals surface area contributed by atoms with Crippen LogP contribution in [-0.4, -0.2) is 38.4 Å². The van der Waals surface area contributed by atoms with Crippen LogP contribution < -0.4 is 11.1 Å². The normalized spacial score (nSPS) is 21.2. The standard InChI is InChI=1S/C23H30N4O3/c1-14-7-8-16(19(29)26(14)5)20(30)27-12-6-10-23(13-27)11-9-15-17(23)24-21(22(2,3)4)25-18(15)28/h7-8H,6,9-13H2,1-5H3,(H,24,25,28). The summed E-state index contributed by atoms with van der Waals surface area (Å²) in [5, 5.41) is 0. The second-order valence-electron chi connectivity index (χ2n) is 9.85. The molecule has 1 amide bonds. The number of carbonyl (C=O) groups excluding carboxylic acids is 1. The van der Waals surface area contributed by atoms with Crippen molar-refractivity contribution in [2.75, 3.05) is 13.1 Å². The molecule has 0 bridgehead atoms. The predicted molar refractivity (Wildman–Crippen MR) is 115 cm³/mol. The number of rotatable bonds is 1. The van der Waals surface area contributed by atoms with Crippen molar-refractivity contribution >= 4 is 5.91 Å². The first-order chi connectivity index (χ1) is 14.0. The Morgan fingerprint density at radius 1 is 1.20 bits per heavy atom. The van der Waals surface area contributed by atoms with E-state index in [-0.39, 0.29) is 33.4 Å². The van der Waals surface area contributed by atoms with E-state index in [1.54, 1.807) is 24.1 Å². The van der Waals surface area contributed by atoms with Crippen molar-refractivity contribution in [2.45, 2.75) is 64.2 Å². The molecule has 30 heavy (non-hydrogen) atoms. The minimum atomic E-state index is -0.312. The molecular formula is C23H30N4O3. The number of aromatic nitrogens is 3. The molecule has 0 saturated carbocycles. The maximum Gasteiger partial charge on any atom is 0.263 e. The molecule has 7 nitrogen and oxygen atoms in total. The van der Waals surface area contributed by atoms with Crippen molar-refractivity contribution in [3.8, 4) is 0 Å². The molecule has 1 aliphatic heterocycles. The van der Waals surface area contributed by atoms with Crippen LogP contribution >= 0.6 is 0 Å². The number of pyridine rings is 1. The lowest BCUT2D eigenvalue weighted by Crippen LogP contribution is -2.49. The lowest BCUT2D eigenvalue weighted by atomic mass is 9.77. The first-order valence-electron chi connectivity index (χ1n) is 10.6. The fourth-order valence-corrected chi connectivity index (χ4v) is 4.77. The summed E-state index contributed by atoms with van der Waals surface area (Å²) in [4.78, 5) is 48.3. The highest BCUT2D eigenvalue weighted by molar-refractivity contribution is 5.94. The van der Waals surface area contributed by atoms with Gasteiger partial charge in [-0.2, -0.15) is 0 Å². The fourth-order valence-electron chi connectivity index (χ4n) is 4.77. The van der Waals surface area contributed by atoms with E-state index in [2.05, 4.69) is 4.98 Å². The van der Waals surface area contributed by atoms with Crippen LogP contribution in [0.4, 0.5) is 0 Å². The van der Waals surface area contributed by atoms with Gasteiger partial charge in [0.2, 0.25) is 0 Å². The molecule has 1 atom stereocenters. The third kappa shape index (κ3) is 3.20. The molecule has 2 aliphatic rings. The van der Waals surface area contributed by atoms with E-state index in [1.807, 2.05) is 27.7 Å². The van der Waals surface area contributed by atoms with Gasteiger partial charge in [-0.05, 0) is 44.7 Å². The van der Waals surface area contributed by atoms with Crippen molar-refractivity contribution in [3.63, 3.8) is 0 Å². The molecular weight excluding hydrogens is 380 g/mol. The molecule has 2 aromatic rings. The smallest absolute Gasteiger partial charge is 0.263 e. The van der Waals surface area contributed by atoms with Crippen LogP contribution in [0.25, 0.3) is 0 Å². The Balaban J connectivity index is 1.72. The molecule has 1 saturated heterocycles. The second kappa shape index (κ2) is 6.93. The number of H-pyrrole nitrogens is 1. The lowest BCUT2D eigenvalue weighted by molar-refractivity contribution is 0.0630. The monoisotopic (exact) mass is 410 g/mol. The molecule has 3 heterocycles. The van der Waals surface area contributed by atoms with Crippen LogP contribution in [0.15, 0.2) is 21.7 Å². The van der Waals surface area contributed by atoms with Gasteiger partial charge >= 0.3 is 0 Å². The molecule has 1 spiro atoms. The zero-order chi connectivity index (χ0) is 21.8. The molecule has 0 radical (unpaired) electrons. The van der Waals surface area contributed by atoms with Crippen molar-refractivity contribution in [3.05, 3.63) is 61.2 Å². The number of piperidine rings is 1. The summed E-state index contributed by atoms with van der Waals surface area (Å²) in [6.07, 6.45) is 3.21. The number of amides is 1. The predicted octanol–water partition coefficient (Wildman–Crippen LogP) is 2.19. The van der Waals surface area contributed by atoms with Gasteiger partial charge in [0.15, 0.2) is 0 Å². The number of hydrogen-bond donors (Lipinski definition) is 1. The first kappa shape index (κ1) is 20.6. The Kier molecular flexibility index (Phi) is 4.75. The van der Waals surface area contributed by atoms with Gasteiger partial charge in [-0.3, -0.25) is 14.4 Å². The molecule has 1 unspecified atom stereocenters. The highest BCUT2D eigenvalue weighted by Crippen LogP contribution is 2.43. The van der Waals surface area contributed by atoms with E-state index in [0.29, 0.717) is 25.3 Å².